The number of nitrogens with one attached hydrogen (secondary N) is 1. The van der Waals surface area contributed by atoms with Crippen LogP contribution in [0.15, 0.2) is 12.4 Å². The normalized spacial score (nSPS) is 9.29. The minimum Gasteiger partial charge on any atom is -0.351 e. The molecule has 0 aliphatic rings. The third kappa shape index (κ3) is 0.778. The minimum atomic E-state index is 0.743. The SMILES string of the molecule is [NH3+]Cc1ncc[nH]1. The Bertz CT molecular complexity index is 121. The molecule has 3 heteroatoms. The van der Waals surface area contributed by atoms with E-state index in [1.165, 1.54) is 0 Å². The first kappa shape index (κ1) is 4.33. The van der Waals surface area contributed by atoms with Gasteiger partial charge in [-0.2, -0.15) is 0 Å². The highest BCUT2D eigenvalue weighted by molar-refractivity contribution is 4.82. The fourth-order valence-electron chi connectivity index (χ4n) is 0.435. The van der Waals surface area contributed by atoms with E-state index >= 15 is 0 Å². The Morgan fingerprint density at radius 1 is 1.86 bits per heavy atom. The van der Waals surface area contributed by atoms with Crippen LogP contribution in [0.2, 0.25) is 0 Å². The summed E-state index contributed by atoms with van der Waals surface area (Å²) in [6.45, 7) is 0.743. The summed E-state index contributed by atoms with van der Waals surface area (Å²) < 4.78 is 0. The maximum Gasteiger partial charge on any atom is 0.161 e. The Morgan fingerprint density at radius 3 is 3.00 bits per heavy atom. The molecular weight excluding hydrogens is 90.1 g/mol. The summed E-state index contributed by atoms with van der Waals surface area (Å²) in [5, 5.41) is 0. The Labute approximate surface area is 41.6 Å². The number of hydrogen-bond donors (Lipinski definition) is 2. The van der Waals surface area contributed by atoms with Crippen molar-refractivity contribution in [1.29, 1.82) is 0 Å². The van der Waals surface area contributed by atoms with Gasteiger partial charge in [-0.05, 0) is 0 Å². The van der Waals surface area contributed by atoms with Gasteiger partial charge in [0.05, 0.1) is 0 Å². The Morgan fingerprint density at radius 2 is 2.71 bits per heavy atom. The van der Waals surface area contributed by atoms with Gasteiger partial charge in [-0.3, -0.25) is 0 Å². The number of H-pyrrole nitrogens is 1. The van der Waals surface area contributed by atoms with Crippen molar-refractivity contribution in [2.24, 2.45) is 0 Å². The summed E-state index contributed by atoms with van der Waals surface area (Å²) in [5.74, 6) is 0.944. The van der Waals surface area contributed by atoms with Crippen LogP contribution in [0.5, 0.6) is 0 Å². The van der Waals surface area contributed by atoms with Crippen LogP contribution in [0.3, 0.4) is 0 Å². The molecule has 0 bridgehead atoms. The van der Waals surface area contributed by atoms with Crippen molar-refractivity contribution in [3.8, 4) is 0 Å². The van der Waals surface area contributed by atoms with Crippen LogP contribution in [0.4, 0.5) is 0 Å². The van der Waals surface area contributed by atoms with Crippen LogP contribution in [-0.4, -0.2) is 9.97 Å². The monoisotopic (exact) mass is 98.1 g/mol. The Balaban J connectivity index is 2.76. The van der Waals surface area contributed by atoms with Crippen LogP contribution >= 0.6 is 0 Å². The Hall–Kier alpha value is -0.830. The highest BCUT2D eigenvalue weighted by Crippen LogP contribution is 1.80. The predicted octanol–water partition coefficient (Wildman–Crippen LogP) is -0.848. The van der Waals surface area contributed by atoms with E-state index in [1.54, 1.807) is 12.4 Å². The van der Waals surface area contributed by atoms with E-state index in [4.69, 9.17) is 0 Å². The lowest BCUT2D eigenvalue weighted by molar-refractivity contribution is -0.388. The zero-order valence-corrected chi connectivity index (χ0v) is 4.02. The quantitative estimate of drug-likeness (QED) is 0.472. The molecular formula is C4H8N3+. The smallest absolute Gasteiger partial charge is 0.161 e. The fourth-order valence-corrected chi connectivity index (χ4v) is 0.435. The topological polar surface area (TPSA) is 56.3 Å². The lowest BCUT2D eigenvalue weighted by Crippen LogP contribution is -2.47. The molecule has 7 heavy (non-hydrogen) atoms. The third-order valence-electron chi connectivity index (χ3n) is 0.792. The molecule has 0 aliphatic heterocycles. The summed E-state index contributed by atoms with van der Waals surface area (Å²) in [6.07, 6.45) is 3.51. The molecule has 0 aromatic carbocycles. The molecule has 1 aromatic heterocycles. The molecule has 0 amide bonds. The highest BCUT2D eigenvalue weighted by atomic mass is 14.9. The zero-order valence-electron chi connectivity index (χ0n) is 4.02. The average Bonchev–Trinajstić information content (AvgIpc) is 2.14. The maximum atomic E-state index is 3.92. The van der Waals surface area contributed by atoms with Crippen molar-refractivity contribution >= 4 is 0 Å². The molecule has 0 saturated heterocycles. The predicted molar refractivity (Wildman–Crippen MR) is 25.2 cm³/mol. The largest absolute Gasteiger partial charge is 0.351 e. The van der Waals surface area contributed by atoms with E-state index in [0.717, 1.165) is 12.4 Å². The molecule has 0 atom stereocenters. The van der Waals surface area contributed by atoms with E-state index in [-0.39, 0.29) is 0 Å². The van der Waals surface area contributed by atoms with E-state index in [9.17, 15) is 0 Å². The summed E-state index contributed by atoms with van der Waals surface area (Å²) in [7, 11) is 0. The van der Waals surface area contributed by atoms with Crippen LogP contribution in [0.25, 0.3) is 0 Å². The number of hydrogen-bond acceptors (Lipinski definition) is 1. The summed E-state index contributed by atoms with van der Waals surface area (Å²) in [4.78, 5) is 6.83. The van der Waals surface area contributed by atoms with Crippen molar-refractivity contribution in [2.45, 2.75) is 6.54 Å². The lowest BCUT2D eigenvalue weighted by atomic mass is 10.6. The first-order valence-electron chi connectivity index (χ1n) is 2.21. The molecule has 38 valence electrons. The van der Waals surface area contributed by atoms with Crippen molar-refractivity contribution in [2.75, 3.05) is 0 Å². The van der Waals surface area contributed by atoms with Gasteiger partial charge in [0.25, 0.3) is 0 Å². The number of aromatic nitrogens is 2. The van der Waals surface area contributed by atoms with Gasteiger partial charge in [-0.15, -0.1) is 0 Å². The minimum absolute atomic E-state index is 0.743. The van der Waals surface area contributed by atoms with Crippen LogP contribution in [0.1, 0.15) is 5.82 Å². The third-order valence-corrected chi connectivity index (χ3v) is 0.792. The average molecular weight is 98.1 g/mol. The van der Waals surface area contributed by atoms with Crippen LogP contribution < -0.4 is 5.73 Å². The molecule has 3 nitrogen and oxygen atoms in total. The van der Waals surface area contributed by atoms with Crippen molar-refractivity contribution in [3.63, 3.8) is 0 Å². The number of rotatable bonds is 1. The number of aromatic amines is 1. The number of imidazole rings is 1. The van der Waals surface area contributed by atoms with Crippen molar-refractivity contribution < 1.29 is 5.73 Å². The fraction of sp³-hybridized carbons (Fsp3) is 0.250. The zero-order chi connectivity index (χ0) is 5.11. The molecule has 0 unspecified atom stereocenters. The number of nitrogens with zero attached hydrogens (tertiary/aromatic N) is 1. The highest BCUT2D eigenvalue weighted by Gasteiger charge is 1.86. The second-order valence-corrected chi connectivity index (χ2v) is 1.29. The van der Waals surface area contributed by atoms with E-state index in [0.29, 0.717) is 0 Å². The molecule has 1 aromatic rings. The van der Waals surface area contributed by atoms with Gasteiger partial charge >= 0.3 is 0 Å². The molecule has 1 heterocycles. The molecule has 4 N–H and O–H groups in total. The molecule has 0 aliphatic carbocycles. The number of quaternary nitrogens is 1. The lowest BCUT2D eigenvalue weighted by Gasteiger charge is -1.77. The maximum absolute atomic E-state index is 3.92. The van der Waals surface area contributed by atoms with E-state index < -0.39 is 0 Å². The first-order valence-corrected chi connectivity index (χ1v) is 2.21. The van der Waals surface area contributed by atoms with Gasteiger partial charge < -0.3 is 10.7 Å². The van der Waals surface area contributed by atoms with Gasteiger partial charge in [0.15, 0.2) is 5.82 Å². The molecule has 0 fully saturated rings. The van der Waals surface area contributed by atoms with E-state index in [2.05, 4.69) is 15.7 Å². The molecule has 0 spiro atoms. The second-order valence-electron chi connectivity index (χ2n) is 1.29. The second kappa shape index (κ2) is 1.75. The van der Waals surface area contributed by atoms with Crippen molar-refractivity contribution in [3.05, 3.63) is 18.2 Å². The van der Waals surface area contributed by atoms with Crippen LogP contribution in [-0.2, 0) is 6.54 Å². The molecule has 0 saturated carbocycles. The van der Waals surface area contributed by atoms with Gasteiger partial charge in [0.2, 0.25) is 0 Å². The summed E-state index contributed by atoms with van der Waals surface area (Å²) >= 11 is 0. The van der Waals surface area contributed by atoms with Crippen molar-refractivity contribution in [1.82, 2.24) is 9.97 Å². The standard InChI is InChI=1S/C4H7N3/c5-3-4-6-1-2-7-4/h1-2H,3,5H2,(H,6,7)/p+1. The molecule has 1 rings (SSSR count). The van der Waals surface area contributed by atoms with Gasteiger partial charge in [0.1, 0.15) is 6.54 Å². The van der Waals surface area contributed by atoms with E-state index in [1.807, 2.05) is 0 Å². The Kier molecular flexibility index (Phi) is 1.08. The summed E-state index contributed by atoms with van der Waals surface area (Å²) in [5.41, 5.74) is 3.63. The summed E-state index contributed by atoms with van der Waals surface area (Å²) in [6, 6.07) is 0. The van der Waals surface area contributed by atoms with Gasteiger partial charge in [0, 0.05) is 12.4 Å². The van der Waals surface area contributed by atoms with Gasteiger partial charge in [-0.1, -0.05) is 0 Å². The first-order chi connectivity index (χ1) is 3.43. The van der Waals surface area contributed by atoms with Gasteiger partial charge in [-0.25, -0.2) is 4.98 Å². The molecule has 0 radical (unpaired) electrons. The van der Waals surface area contributed by atoms with Crippen LogP contribution in [0, 0.1) is 0 Å².